The van der Waals surface area contributed by atoms with Crippen molar-refractivity contribution in [2.45, 2.75) is 36.7 Å². The van der Waals surface area contributed by atoms with Gasteiger partial charge in [-0.1, -0.05) is 30.3 Å². The zero-order valence-electron chi connectivity index (χ0n) is 12.7. The molecule has 1 heterocycles. The fraction of sp³-hybridized carbons (Fsp3) is 0.562. The first-order valence-electron chi connectivity index (χ1n) is 7.37. The van der Waals surface area contributed by atoms with Crippen molar-refractivity contribution in [1.29, 1.82) is 0 Å². The van der Waals surface area contributed by atoms with Gasteiger partial charge >= 0.3 is 0 Å². The molecule has 5 heteroatoms. The summed E-state index contributed by atoms with van der Waals surface area (Å²) in [6.07, 6.45) is 2.06. The summed E-state index contributed by atoms with van der Waals surface area (Å²) in [5.41, 5.74) is 5.83. The van der Waals surface area contributed by atoms with E-state index in [-0.39, 0.29) is 5.91 Å². The lowest BCUT2D eigenvalue weighted by atomic mass is 9.86. The van der Waals surface area contributed by atoms with Gasteiger partial charge in [0.1, 0.15) is 5.54 Å². The van der Waals surface area contributed by atoms with Gasteiger partial charge in [-0.2, -0.15) is 11.8 Å². The van der Waals surface area contributed by atoms with E-state index in [1.807, 2.05) is 42.1 Å². The van der Waals surface area contributed by atoms with Crippen LogP contribution in [0.3, 0.4) is 0 Å². The van der Waals surface area contributed by atoms with Crippen LogP contribution < -0.4 is 11.1 Å². The summed E-state index contributed by atoms with van der Waals surface area (Å²) < 4.78 is 5.58. The van der Waals surface area contributed by atoms with Crippen molar-refractivity contribution in [2.24, 2.45) is 5.73 Å². The van der Waals surface area contributed by atoms with E-state index < -0.39 is 5.54 Å². The van der Waals surface area contributed by atoms with Gasteiger partial charge in [0.05, 0.1) is 6.10 Å². The number of rotatable bonds is 7. The Labute approximate surface area is 130 Å². The van der Waals surface area contributed by atoms with Crippen molar-refractivity contribution < 1.29 is 9.53 Å². The number of carbonyl (C=O) groups excluding carboxylic acids is 1. The van der Waals surface area contributed by atoms with Crippen LogP contribution in [-0.4, -0.2) is 36.7 Å². The maximum atomic E-state index is 12.1. The Morgan fingerprint density at radius 3 is 2.71 bits per heavy atom. The molecule has 0 radical (unpaired) electrons. The van der Waals surface area contributed by atoms with Gasteiger partial charge in [0.25, 0.3) is 0 Å². The normalized spacial score (nSPS) is 24.7. The molecule has 1 aliphatic rings. The van der Waals surface area contributed by atoms with Crippen LogP contribution in [0.25, 0.3) is 0 Å². The summed E-state index contributed by atoms with van der Waals surface area (Å²) in [5.74, 6) is 0.546. The van der Waals surface area contributed by atoms with Crippen LogP contribution in [0.4, 0.5) is 0 Å². The highest BCUT2D eigenvalue weighted by Crippen LogP contribution is 2.31. The summed E-state index contributed by atoms with van der Waals surface area (Å²) in [5, 5.41) is 3.67. The molecule has 1 aromatic rings. The SMILES string of the molecule is CNC(CCSC1CCOC1C)(C(N)=O)c1ccccc1. The molecule has 0 saturated carbocycles. The molecular formula is C16H24N2O2S. The van der Waals surface area contributed by atoms with Gasteiger partial charge in [-0.3, -0.25) is 4.79 Å². The largest absolute Gasteiger partial charge is 0.377 e. The average Bonchev–Trinajstić information content (AvgIpc) is 2.90. The molecule has 1 amide bonds. The van der Waals surface area contributed by atoms with Crippen LogP contribution in [0.1, 0.15) is 25.3 Å². The number of amides is 1. The highest BCUT2D eigenvalue weighted by atomic mass is 32.2. The summed E-state index contributed by atoms with van der Waals surface area (Å²) >= 11 is 1.87. The molecule has 0 bridgehead atoms. The van der Waals surface area contributed by atoms with E-state index in [4.69, 9.17) is 10.5 Å². The maximum absolute atomic E-state index is 12.1. The molecule has 116 valence electrons. The van der Waals surface area contributed by atoms with Crippen molar-refractivity contribution >= 4 is 17.7 Å². The van der Waals surface area contributed by atoms with Gasteiger partial charge < -0.3 is 15.8 Å². The molecule has 4 nitrogen and oxygen atoms in total. The highest BCUT2D eigenvalue weighted by molar-refractivity contribution is 7.99. The summed E-state index contributed by atoms with van der Waals surface area (Å²) in [4.78, 5) is 12.1. The number of nitrogens with one attached hydrogen (secondary N) is 1. The number of nitrogens with two attached hydrogens (primary N) is 1. The second kappa shape index (κ2) is 7.29. The van der Waals surface area contributed by atoms with Gasteiger partial charge in [-0.05, 0) is 38.1 Å². The third-order valence-electron chi connectivity index (χ3n) is 4.23. The fourth-order valence-electron chi connectivity index (χ4n) is 2.82. The van der Waals surface area contributed by atoms with Gasteiger partial charge in [-0.25, -0.2) is 0 Å². The molecule has 1 saturated heterocycles. The van der Waals surface area contributed by atoms with Crippen molar-refractivity contribution in [3.05, 3.63) is 35.9 Å². The number of benzene rings is 1. The molecule has 3 unspecified atom stereocenters. The third kappa shape index (κ3) is 3.59. The van der Waals surface area contributed by atoms with Crippen LogP contribution in [0, 0.1) is 0 Å². The first kappa shape index (κ1) is 16.3. The Balaban J connectivity index is 2.05. The molecule has 2 rings (SSSR count). The molecule has 1 aromatic carbocycles. The first-order chi connectivity index (χ1) is 10.1. The number of ether oxygens (including phenoxy) is 1. The van der Waals surface area contributed by atoms with E-state index in [1.54, 1.807) is 7.05 Å². The minimum Gasteiger partial charge on any atom is -0.377 e. The van der Waals surface area contributed by atoms with Crippen molar-refractivity contribution in [3.8, 4) is 0 Å². The molecule has 21 heavy (non-hydrogen) atoms. The first-order valence-corrected chi connectivity index (χ1v) is 8.42. The lowest BCUT2D eigenvalue weighted by molar-refractivity contribution is -0.124. The number of likely N-dealkylation sites (N-methyl/N-ethyl adjacent to an activating group) is 1. The Morgan fingerprint density at radius 1 is 1.48 bits per heavy atom. The number of carbonyl (C=O) groups is 1. The van der Waals surface area contributed by atoms with E-state index in [9.17, 15) is 4.79 Å². The lowest BCUT2D eigenvalue weighted by Crippen LogP contribution is -2.51. The highest BCUT2D eigenvalue weighted by Gasteiger charge is 2.37. The van der Waals surface area contributed by atoms with Crippen LogP contribution in [-0.2, 0) is 15.1 Å². The van der Waals surface area contributed by atoms with E-state index in [0.717, 1.165) is 24.3 Å². The fourth-order valence-corrected chi connectivity index (χ4v) is 4.16. The van der Waals surface area contributed by atoms with Gasteiger partial charge in [0, 0.05) is 11.9 Å². The topological polar surface area (TPSA) is 64.3 Å². The Morgan fingerprint density at radius 2 is 2.19 bits per heavy atom. The zero-order chi connectivity index (χ0) is 15.3. The number of thioether (sulfide) groups is 1. The Bertz CT molecular complexity index is 469. The van der Waals surface area contributed by atoms with E-state index >= 15 is 0 Å². The van der Waals surface area contributed by atoms with E-state index in [2.05, 4.69) is 12.2 Å². The monoisotopic (exact) mass is 308 g/mol. The summed E-state index contributed by atoms with van der Waals surface area (Å²) in [7, 11) is 1.80. The molecule has 3 atom stereocenters. The maximum Gasteiger partial charge on any atom is 0.242 e. The second-order valence-corrected chi connectivity index (χ2v) is 6.76. The van der Waals surface area contributed by atoms with Gasteiger partial charge in [-0.15, -0.1) is 0 Å². The molecule has 0 aliphatic carbocycles. The predicted molar refractivity (Wildman–Crippen MR) is 87.3 cm³/mol. The lowest BCUT2D eigenvalue weighted by Gasteiger charge is -2.31. The van der Waals surface area contributed by atoms with E-state index in [1.165, 1.54) is 0 Å². The Hall–Kier alpha value is -1.04. The van der Waals surface area contributed by atoms with Crippen molar-refractivity contribution in [1.82, 2.24) is 5.32 Å². The minimum atomic E-state index is -0.795. The van der Waals surface area contributed by atoms with Crippen LogP contribution in [0.5, 0.6) is 0 Å². The summed E-state index contributed by atoms with van der Waals surface area (Å²) in [6, 6.07) is 9.71. The average molecular weight is 308 g/mol. The Kier molecular flexibility index (Phi) is 5.67. The van der Waals surface area contributed by atoms with Gasteiger partial charge in [0.15, 0.2) is 0 Å². The molecule has 3 N–H and O–H groups in total. The third-order valence-corrected chi connectivity index (χ3v) is 5.72. The van der Waals surface area contributed by atoms with Crippen molar-refractivity contribution in [3.63, 3.8) is 0 Å². The molecular weight excluding hydrogens is 284 g/mol. The van der Waals surface area contributed by atoms with Crippen LogP contribution in [0.15, 0.2) is 30.3 Å². The van der Waals surface area contributed by atoms with Crippen LogP contribution >= 0.6 is 11.8 Å². The van der Waals surface area contributed by atoms with Crippen LogP contribution in [0.2, 0.25) is 0 Å². The van der Waals surface area contributed by atoms with E-state index in [0.29, 0.717) is 17.8 Å². The number of hydrogen-bond acceptors (Lipinski definition) is 4. The van der Waals surface area contributed by atoms with Gasteiger partial charge in [0.2, 0.25) is 5.91 Å². The predicted octanol–water partition coefficient (Wildman–Crippen LogP) is 1.89. The van der Waals surface area contributed by atoms with Crippen molar-refractivity contribution in [2.75, 3.05) is 19.4 Å². The zero-order valence-corrected chi connectivity index (χ0v) is 13.5. The smallest absolute Gasteiger partial charge is 0.242 e. The second-order valence-electron chi connectivity index (χ2n) is 5.41. The minimum absolute atomic E-state index is 0.296. The quantitative estimate of drug-likeness (QED) is 0.807. The molecule has 1 fully saturated rings. The summed E-state index contributed by atoms with van der Waals surface area (Å²) in [6.45, 7) is 2.95. The standard InChI is InChI=1S/C16H24N2O2S/c1-12-14(8-10-20-12)21-11-9-16(18-2,15(17)19)13-6-4-3-5-7-13/h3-7,12,14,18H,8-11H2,1-2H3,(H2,17,19). The number of primary amides is 1. The molecule has 0 spiro atoms. The molecule has 0 aromatic heterocycles. The molecule has 1 aliphatic heterocycles. The number of hydrogen-bond donors (Lipinski definition) is 2.